The lowest BCUT2D eigenvalue weighted by Gasteiger charge is -2.21. The summed E-state index contributed by atoms with van der Waals surface area (Å²) in [4.78, 5) is 48.7. The SMILES string of the molecule is CC/C=C\C/C=C\C/C=C\C/C=C\C/C=C\CCCCCC(=O)OC(COC(=O)CCCCCCC/C=C\CCCCCCCC)COP(=O)(O)OCC(CO)OC(=O)CCCCCC/C=C\C/C=C\C/C=C\C/C=C\CC. The molecule has 2 N–H and O–H groups in total. The number of hydrogen-bond acceptors (Lipinski definition) is 10. The number of esters is 3. The van der Waals surface area contributed by atoms with E-state index < -0.39 is 57.8 Å². The largest absolute Gasteiger partial charge is 0.472 e. The number of ether oxygens (including phenoxy) is 3. The monoisotopic (exact) mass is 1110 g/mol. The Morgan fingerprint density at radius 2 is 0.667 bits per heavy atom. The summed E-state index contributed by atoms with van der Waals surface area (Å²) in [6.07, 6.45) is 72.9. The van der Waals surface area contributed by atoms with E-state index in [1.54, 1.807) is 0 Å². The summed E-state index contributed by atoms with van der Waals surface area (Å²) in [5.74, 6) is -1.55. The lowest BCUT2D eigenvalue weighted by atomic mass is 10.1. The van der Waals surface area contributed by atoms with E-state index in [0.29, 0.717) is 19.3 Å². The Labute approximate surface area is 475 Å². The van der Waals surface area contributed by atoms with Crippen molar-refractivity contribution in [2.24, 2.45) is 0 Å². The van der Waals surface area contributed by atoms with Gasteiger partial charge in [-0.25, -0.2) is 4.57 Å². The number of phosphoric ester groups is 1. The molecule has 0 aliphatic rings. The highest BCUT2D eigenvalue weighted by Gasteiger charge is 2.28. The molecule has 0 aliphatic heterocycles. The molecule has 78 heavy (non-hydrogen) atoms. The summed E-state index contributed by atoms with van der Waals surface area (Å²) in [7, 11) is -4.78. The zero-order valence-corrected chi connectivity index (χ0v) is 50.0. The average molecular weight is 1110 g/mol. The maximum Gasteiger partial charge on any atom is 0.472 e. The van der Waals surface area contributed by atoms with E-state index in [0.717, 1.165) is 141 Å². The minimum absolute atomic E-state index is 0.119. The topological polar surface area (TPSA) is 155 Å². The van der Waals surface area contributed by atoms with Crippen molar-refractivity contribution < 1.29 is 52.2 Å². The molecule has 0 saturated heterocycles. The molecule has 0 aromatic carbocycles. The van der Waals surface area contributed by atoms with E-state index in [2.05, 4.69) is 142 Å². The van der Waals surface area contributed by atoms with Crippen LogP contribution in [0.5, 0.6) is 0 Å². The van der Waals surface area contributed by atoms with E-state index in [1.165, 1.54) is 38.5 Å². The predicted octanol–water partition coefficient (Wildman–Crippen LogP) is 18.4. The highest BCUT2D eigenvalue weighted by molar-refractivity contribution is 7.47. The summed E-state index contributed by atoms with van der Waals surface area (Å²) in [6, 6.07) is 0. The number of phosphoric acid groups is 1. The van der Waals surface area contributed by atoms with Crippen LogP contribution in [0, 0.1) is 0 Å². The van der Waals surface area contributed by atoms with Crippen LogP contribution >= 0.6 is 7.82 Å². The van der Waals surface area contributed by atoms with Crippen molar-refractivity contribution in [3.05, 3.63) is 122 Å². The van der Waals surface area contributed by atoms with Crippen LogP contribution in [-0.2, 0) is 42.2 Å². The lowest BCUT2D eigenvalue weighted by molar-refractivity contribution is -0.161. The number of unbranched alkanes of at least 4 members (excludes halogenated alkanes) is 18. The normalized spacial score (nSPS) is 14.2. The van der Waals surface area contributed by atoms with Crippen molar-refractivity contribution in [2.75, 3.05) is 26.4 Å². The molecule has 11 nitrogen and oxygen atoms in total. The van der Waals surface area contributed by atoms with Crippen LogP contribution in [0.1, 0.15) is 239 Å². The second kappa shape index (κ2) is 59.0. The van der Waals surface area contributed by atoms with Gasteiger partial charge in [0.15, 0.2) is 6.10 Å². The molecule has 0 heterocycles. The quantitative estimate of drug-likeness (QED) is 0.0197. The van der Waals surface area contributed by atoms with Crippen LogP contribution in [0.4, 0.5) is 0 Å². The Balaban J connectivity index is 4.82. The first-order chi connectivity index (χ1) is 38.2. The van der Waals surface area contributed by atoms with Crippen LogP contribution in [0.2, 0.25) is 0 Å². The third-order valence-electron chi connectivity index (χ3n) is 12.3. The Hall–Kier alpha value is -4.12. The van der Waals surface area contributed by atoms with Crippen molar-refractivity contribution in [2.45, 2.75) is 251 Å². The second-order valence-electron chi connectivity index (χ2n) is 19.7. The molecule has 0 spiro atoms. The van der Waals surface area contributed by atoms with Gasteiger partial charge in [-0.2, -0.15) is 0 Å². The van der Waals surface area contributed by atoms with Gasteiger partial charge in [-0.05, 0) is 128 Å². The number of hydrogen-bond donors (Lipinski definition) is 2. The third kappa shape index (κ3) is 56.6. The van der Waals surface area contributed by atoms with Gasteiger partial charge in [0, 0.05) is 19.3 Å². The van der Waals surface area contributed by atoms with Crippen molar-refractivity contribution in [3.8, 4) is 0 Å². The molecule has 0 amide bonds. The van der Waals surface area contributed by atoms with Crippen LogP contribution in [-0.4, -0.2) is 66.5 Å². The number of carbonyl (C=O) groups is 3. The van der Waals surface area contributed by atoms with E-state index in [9.17, 15) is 28.9 Å². The highest BCUT2D eigenvalue weighted by atomic mass is 31.2. The van der Waals surface area contributed by atoms with Gasteiger partial charge in [0.2, 0.25) is 0 Å². The first kappa shape index (κ1) is 73.9. The molecular formula is C66H109O11P. The van der Waals surface area contributed by atoms with Gasteiger partial charge >= 0.3 is 25.7 Å². The smallest absolute Gasteiger partial charge is 0.462 e. The van der Waals surface area contributed by atoms with Crippen LogP contribution in [0.3, 0.4) is 0 Å². The molecule has 3 atom stereocenters. The van der Waals surface area contributed by atoms with E-state index in [1.807, 2.05) is 0 Å². The molecule has 3 unspecified atom stereocenters. The van der Waals surface area contributed by atoms with Crippen molar-refractivity contribution >= 4 is 25.7 Å². The van der Waals surface area contributed by atoms with E-state index >= 15 is 0 Å². The second-order valence-corrected chi connectivity index (χ2v) is 21.2. The van der Waals surface area contributed by atoms with E-state index in [4.69, 9.17) is 23.3 Å². The number of allylic oxidation sites excluding steroid dienone is 20. The summed E-state index contributed by atoms with van der Waals surface area (Å²) >= 11 is 0. The highest BCUT2D eigenvalue weighted by Crippen LogP contribution is 2.43. The molecule has 0 bridgehead atoms. The van der Waals surface area contributed by atoms with Crippen molar-refractivity contribution in [1.82, 2.24) is 0 Å². The molecule has 444 valence electrons. The van der Waals surface area contributed by atoms with Crippen molar-refractivity contribution in [1.29, 1.82) is 0 Å². The molecule has 0 aromatic rings. The van der Waals surface area contributed by atoms with Crippen LogP contribution < -0.4 is 0 Å². The molecule has 0 radical (unpaired) electrons. The minimum atomic E-state index is -4.78. The number of carbonyl (C=O) groups excluding carboxylic acids is 3. The molecule has 0 aromatic heterocycles. The first-order valence-corrected chi connectivity index (χ1v) is 31.9. The Bertz CT molecular complexity index is 1770. The Kier molecular flexibility index (Phi) is 55.9. The molecule has 12 heteroatoms. The molecule has 0 aliphatic carbocycles. The van der Waals surface area contributed by atoms with Crippen molar-refractivity contribution in [3.63, 3.8) is 0 Å². The van der Waals surface area contributed by atoms with Crippen LogP contribution in [0.25, 0.3) is 0 Å². The Morgan fingerprint density at radius 1 is 0.372 bits per heavy atom. The average Bonchev–Trinajstić information content (AvgIpc) is 3.43. The van der Waals surface area contributed by atoms with E-state index in [-0.39, 0.29) is 25.9 Å². The van der Waals surface area contributed by atoms with Gasteiger partial charge in [0.25, 0.3) is 0 Å². The van der Waals surface area contributed by atoms with Gasteiger partial charge < -0.3 is 24.2 Å². The standard InChI is InChI=1S/C66H109O11P/c1-4-7-10-13-16-19-22-25-28-30-31-33-36-39-42-45-48-51-54-57-66(70)77-63(59-73-64(68)55-52-49-46-43-40-37-34-27-24-21-18-15-12-9-6-3)61-75-78(71,72)74-60-62(58-67)76-65(69)56-53-50-47-44-41-38-35-32-29-26-23-20-17-14-11-8-5-2/h7-8,10-11,16-17,19-20,25-29,31,33-35,38-39,42,62-63,67H,4-6,9,12-15,18,21-24,30,32,36-37,40-41,43-61H2,1-3H3,(H,71,72)/b10-7-,11-8-,19-16-,20-17-,28-25-,29-26-,33-31-,34-27-,38-35-,42-39-. The predicted molar refractivity (Wildman–Crippen MR) is 325 cm³/mol. The van der Waals surface area contributed by atoms with Gasteiger partial charge in [-0.1, -0.05) is 213 Å². The summed E-state index contributed by atoms with van der Waals surface area (Å²) in [5.41, 5.74) is 0. The lowest BCUT2D eigenvalue weighted by Crippen LogP contribution is -2.30. The summed E-state index contributed by atoms with van der Waals surface area (Å²) in [6.45, 7) is 4.34. The van der Waals surface area contributed by atoms with Gasteiger partial charge in [-0.15, -0.1) is 0 Å². The summed E-state index contributed by atoms with van der Waals surface area (Å²) in [5, 5.41) is 9.84. The molecule has 0 fully saturated rings. The number of aliphatic hydroxyl groups excluding tert-OH is 1. The van der Waals surface area contributed by atoms with Gasteiger partial charge in [-0.3, -0.25) is 23.4 Å². The number of rotatable bonds is 55. The maximum absolute atomic E-state index is 12.9. The Morgan fingerprint density at radius 3 is 1.05 bits per heavy atom. The maximum atomic E-state index is 12.9. The number of aliphatic hydroxyl groups is 1. The van der Waals surface area contributed by atoms with Crippen LogP contribution in [0.15, 0.2) is 122 Å². The van der Waals surface area contributed by atoms with Gasteiger partial charge in [0.05, 0.1) is 19.8 Å². The molecule has 0 saturated carbocycles. The first-order valence-electron chi connectivity index (χ1n) is 30.4. The minimum Gasteiger partial charge on any atom is -0.462 e. The van der Waals surface area contributed by atoms with Gasteiger partial charge in [0.1, 0.15) is 12.7 Å². The molecular weight excluding hydrogens is 1000 g/mol. The fraction of sp³-hybridized carbons (Fsp3) is 0.652. The fourth-order valence-corrected chi connectivity index (χ4v) is 8.56. The zero-order chi connectivity index (χ0) is 56.9. The fourth-order valence-electron chi connectivity index (χ4n) is 7.78. The molecule has 0 rings (SSSR count). The third-order valence-corrected chi connectivity index (χ3v) is 13.3. The zero-order valence-electron chi connectivity index (χ0n) is 49.1. The summed E-state index contributed by atoms with van der Waals surface area (Å²) < 4.78 is 39.6.